The van der Waals surface area contributed by atoms with Crippen molar-refractivity contribution in [1.29, 1.82) is 0 Å². The summed E-state index contributed by atoms with van der Waals surface area (Å²) < 4.78 is 0. The molecule has 4 nitrogen and oxygen atoms in total. The molecular formula is C19H36N2O2. The van der Waals surface area contributed by atoms with Crippen LogP contribution in [0.4, 0.5) is 0 Å². The number of nitrogens with one attached hydrogen (secondary N) is 1. The zero-order valence-corrected chi connectivity index (χ0v) is 14.9. The first-order valence-corrected chi connectivity index (χ1v) is 9.39. The third-order valence-electron chi connectivity index (χ3n) is 3.93. The highest BCUT2D eigenvalue weighted by atomic mass is 16.2. The van der Waals surface area contributed by atoms with E-state index < -0.39 is 5.91 Å². The summed E-state index contributed by atoms with van der Waals surface area (Å²) >= 11 is 0. The van der Waals surface area contributed by atoms with Gasteiger partial charge in [0.25, 0.3) is 0 Å². The molecule has 0 rings (SSSR count). The van der Waals surface area contributed by atoms with E-state index in [1.165, 1.54) is 70.6 Å². The first-order valence-electron chi connectivity index (χ1n) is 9.39. The molecule has 0 aliphatic rings. The standard InChI is InChI=1S/C19H36N2O2/c1-2-3-4-5-6-7-8-9-10-11-12-13-14-17-21-19(23)16-15-18(20)22/h14,17H,2-13,15-16H2,1H3,(H2,20,22)(H,21,23). The Kier molecular flexibility index (Phi) is 16.1. The smallest absolute Gasteiger partial charge is 0.224 e. The summed E-state index contributed by atoms with van der Waals surface area (Å²) in [7, 11) is 0. The molecule has 0 aliphatic heterocycles. The third kappa shape index (κ3) is 18.6. The maximum atomic E-state index is 11.3. The van der Waals surface area contributed by atoms with Gasteiger partial charge in [-0.25, -0.2) is 0 Å². The Morgan fingerprint density at radius 2 is 1.35 bits per heavy atom. The van der Waals surface area contributed by atoms with Crippen LogP contribution in [-0.4, -0.2) is 11.8 Å². The lowest BCUT2D eigenvalue weighted by Gasteiger charge is -2.02. The van der Waals surface area contributed by atoms with Gasteiger partial charge >= 0.3 is 0 Å². The first kappa shape index (κ1) is 21.7. The van der Waals surface area contributed by atoms with E-state index in [4.69, 9.17) is 5.73 Å². The molecule has 0 bridgehead atoms. The predicted octanol–water partition coefficient (Wildman–Crippen LogP) is 4.58. The minimum atomic E-state index is -0.440. The van der Waals surface area contributed by atoms with E-state index >= 15 is 0 Å². The quantitative estimate of drug-likeness (QED) is 0.408. The van der Waals surface area contributed by atoms with E-state index in [1.54, 1.807) is 6.20 Å². The molecule has 4 heteroatoms. The van der Waals surface area contributed by atoms with Crippen LogP contribution in [0, 0.1) is 0 Å². The Morgan fingerprint density at radius 1 is 0.826 bits per heavy atom. The van der Waals surface area contributed by atoms with Crippen molar-refractivity contribution in [3.05, 3.63) is 12.3 Å². The molecule has 0 spiro atoms. The van der Waals surface area contributed by atoms with Crippen LogP contribution in [0.25, 0.3) is 0 Å². The van der Waals surface area contributed by atoms with Gasteiger partial charge in [-0.3, -0.25) is 9.59 Å². The number of carbonyl (C=O) groups is 2. The molecule has 134 valence electrons. The number of rotatable bonds is 16. The molecule has 0 unspecified atom stereocenters. The highest BCUT2D eigenvalue weighted by Crippen LogP contribution is 2.11. The van der Waals surface area contributed by atoms with Crippen molar-refractivity contribution in [2.45, 2.75) is 96.8 Å². The van der Waals surface area contributed by atoms with Gasteiger partial charge in [0, 0.05) is 12.8 Å². The van der Waals surface area contributed by atoms with Crippen molar-refractivity contribution in [1.82, 2.24) is 5.32 Å². The lowest BCUT2D eigenvalue weighted by molar-refractivity contribution is -0.124. The summed E-state index contributed by atoms with van der Waals surface area (Å²) in [5.74, 6) is -0.593. The lowest BCUT2D eigenvalue weighted by atomic mass is 10.1. The fourth-order valence-corrected chi connectivity index (χ4v) is 2.47. The number of carbonyl (C=O) groups excluding carboxylic acids is 2. The summed E-state index contributed by atoms with van der Waals surface area (Å²) in [6.45, 7) is 2.26. The number of unbranched alkanes of at least 4 members (excludes halogenated alkanes) is 11. The molecule has 0 radical (unpaired) electrons. The normalized spacial score (nSPS) is 11.0. The van der Waals surface area contributed by atoms with Gasteiger partial charge in [-0.15, -0.1) is 0 Å². The number of allylic oxidation sites excluding steroid dienone is 1. The Hall–Kier alpha value is -1.32. The molecule has 0 aromatic carbocycles. The molecule has 2 amide bonds. The highest BCUT2D eigenvalue weighted by Gasteiger charge is 2.00. The summed E-state index contributed by atoms with van der Waals surface area (Å²) in [6.07, 6.45) is 19.7. The van der Waals surface area contributed by atoms with Crippen molar-refractivity contribution in [3.63, 3.8) is 0 Å². The summed E-state index contributed by atoms with van der Waals surface area (Å²) in [4.78, 5) is 21.8. The fraction of sp³-hybridized carbons (Fsp3) is 0.789. The van der Waals surface area contributed by atoms with Crippen LogP contribution in [0.2, 0.25) is 0 Å². The van der Waals surface area contributed by atoms with Crippen molar-refractivity contribution < 1.29 is 9.59 Å². The zero-order valence-electron chi connectivity index (χ0n) is 14.9. The minimum absolute atomic E-state index is 0.109. The van der Waals surface area contributed by atoms with Crippen LogP contribution in [0.15, 0.2) is 12.3 Å². The molecule has 0 aromatic rings. The van der Waals surface area contributed by atoms with Crippen molar-refractivity contribution in [2.24, 2.45) is 5.73 Å². The average Bonchev–Trinajstić information content (AvgIpc) is 2.53. The topological polar surface area (TPSA) is 72.2 Å². The SMILES string of the molecule is CCCCCCCCCCCCCC=CNC(=O)CCC(N)=O. The van der Waals surface area contributed by atoms with Crippen molar-refractivity contribution >= 4 is 11.8 Å². The van der Waals surface area contributed by atoms with Gasteiger partial charge in [0.15, 0.2) is 0 Å². The molecule has 0 heterocycles. The number of primary amides is 1. The summed E-state index contributed by atoms with van der Waals surface area (Å²) in [5.41, 5.74) is 4.98. The average molecular weight is 325 g/mol. The Bertz CT molecular complexity index is 327. The van der Waals surface area contributed by atoms with Gasteiger partial charge < -0.3 is 11.1 Å². The van der Waals surface area contributed by atoms with Gasteiger partial charge in [0.1, 0.15) is 0 Å². The second-order valence-electron chi connectivity index (χ2n) is 6.26. The molecule has 0 aliphatic carbocycles. The number of hydrogen-bond donors (Lipinski definition) is 2. The van der Waals surface area contributed by atoms with Crippen LogP contribution in [0.3, 0.4) is 0 Å². The second kappa shape index (κ2) is 17.0. The van der Waals surface area contributed by atoms with Crippen LogP contribution in [0.5, 0.6) is 0 Å². The zero-order chi connectivity index (χ0) is 17.2. The first-order chi connectivity index (χ1) is 11.2. The van der Waals surface area contributed by atoms with Gasteiger partial charge in [0.2, 0.25) is 11.8 Å². The molecule has 0 saturated carbocycles. The lowest BCUT2D eigenvalue weighted by Crippen LogP contribution is -2.20. The van der Waals surface area contributed by atoms with Crippen LogP contribution < -0.4 is 11.1 Å². The minimum Gasteiger partial charge on any atom is -0.370 e. The molecule has 3 N–H and O–H groups in total. The van der Waals surface area contributed by atoms with E-state index in [9.17, 15) is 9.59 Å². The van der Waals surface area contributed by atoms with Gasteiger partial charge in [-0.2, -0.15) is 0 Å². The van der Waals surface area contributed by atoms with E-state index in [0.29, 0.717) is 0 Å². The van der Waals surface area contributed by atoms with E-state index in [0.717, 1.165) is 6.42 Å². The molecule has 0 atom stereocenters. The van der Waals surface area contributed by atoms with Gasteiger partial charge in [-0.1, -0.05) is 77.2 Å². The third-order valence-corrected chi connectivity index (χ3v) is 3.93. The summed E-state index contributed by atoms with van der Waals surface area (Å²) in [6, 6.07) is 0. The Labute approximate surface area is 142 Å². The molecule has 0 aromatic heterocycles. The number of hydrogen-bond acceptors (Lipinski definition) is 2. The highest BCUT2D eigenvalue weighted by molar-refractivity contribution is 5.83. The maximum Gasteiger partial charge on any atom is 0.224 e. The largest absolute Gasteiger partial charge is 0.370 e. The number of nitrogens with two attached hydrogens (primary N) is 1. The van der Waals surface area contributed by atoms with Crippen molar-refractivity contribution in [2.75, 3.05) is 0 Å². The second-order valence-corrected chi connectivity index (χ2v) is 6.26. The van der Waals surface area contributed by atoms with Crippen LogP contribution in [0.1, 0.15) is 96.8 Å². The van der Waals surface area contributed by atoms with Gasteiger partial charge in [0.05, 0.1) is 0 Å². The van der Waals surface area contributed by atoms with Gasteiger partial charge in [-0.05, 0) is 19.0 Å². The molecule has 0 saturated heterocycles. The molecular weight excluding hydrogens is 288 g/mol. The fourth-order valence-electron chi connectivity index (χ4n) is 2.47. The molecule has 0 fully saturated rings. The monoisotopic (exact) mass is 324 g/mol. The molecule has 23 heavy (non-hydrogen) atoms. The van der Waals surface area contributed by atoms with E-state index in [2.05, 4.69) is 12.2 Å². The number of amides is 2. The van der Waals surface area contributed by atoms with Crippen LogP contribution in [-0.2, 0) is 9.59 Å². The van der Waals surface area contributed by atoms with E-state index in [-0.39, 0.29) is 18.7 Å². The maximum absolute atomic E-state index is 11.3. The van der Waals surface area contributed by atoms with Crippen LogP contribution >= 0.6 is 0 Å². The van der Waals surface area contributed by atoms with Crippen molar-refractivity contribution in [3.8, 4) is 0 Å². The van der Waals surface area contributed by atoms with E-state index in [1.807, 2.05) is 6.08 Å². The predicted molar refractivity (Wildman–Crippen MR) is 96.8 cm³/mol. The Balaban J connectivity index is 3.22. The Morgan fingerprint density at radius 3 is 1.87 bits per heavy atom. The summed E-state index contributed by atoms with van der Waals surface area (Å²) in [5, 5.41) is 2.65.